The fraction of sp³-hybridized carbons (Fsp3) is 0.556. The fourth-order valence-corrected chi connectivity index (χ4v) is 3.45. The van der Waals surface area contributed by atoms with E-state index >= 15 is 0 Å². The van der Waals surface area contributed by atoms with Gasteiger partial charge in [0.2, 0.25) is 0 Å². The van der Waals surface area contributed by atoms with Crippen LogP contribution in [-0.4, -0.2) is 68.5 Å². The number of aromatic nitrogens is 3. The summed E-state index contributed by atoms with van der Waals surface area (Å²) in [6, 6.07) is 6.86. The summed E-state index contributed by atoms with van der Waals surface area (Å²) in [7, 11) is 0. The lowest BCUT2D eigenvalue weighted by Crippen LogP contribution is -2.50. The van der Waals surface area contributed by atoms with Gasteiger partial charge in [0.1, 0.15) is 12.7 Å². The van der Waals surface area contributed by atoms with Crippen LogP contribution in [0.5, 0.6) is 0 Å². The van der Waals surface area contributed by atoms with Crippen molar-refractivity contribution >= 4 is 0 Å². The van der Waals surface area contributed by atoms with Crippen molar-refractivity contribution in [1.29, 1.82) is 0 Å². The summed E-state index contributed by atoms with van der Waals surface area (Å²) in [6.07, 6.45) is 4.30. The molecule has 24 heavy (non-hydrogen) atoms. The van der Waals surface area contributed by atoms with Gasteiger partial charge in [-0.3, -0.25) is 9.80 Å². The van der Waals surface area contributed by atoms with E-state index in [9.17, 15) is 5.11 Å². The van der Waals surface area contributed by atoms with E-state index in [-0.39, 0.29) is 6.61 Å². The summed E-state index contributed by atoms with van der Waals surface area (Å²) in [4.78, 5) is 8.91. The zero-order valence-corrected chi connectivity index (χ0v) is 14.6. The molecule has 0 spiro atoms. The summed E-state index contributed by atoms with van der Waals surface area (Å²) in [5.74, 6) is 0. The van der Waals surface area contributed by atoms with Gasteiger partial charge >= 0.3 is 0 Å². The third-order valence-electron chi connectivity index (χ3n) is 4.94. The predicted octanol–water partition coefficient (Wildman–Crippen LogP) is 1.46. The van der Waals surface area contributed by atoms with E-state index < -0.39 is 0 Å². The monoisotopic (exact) mass is 329 g/mol. The Hall–Kier alpha value is -1.76. The molecule has 1 atom stereocenters. The third-order valence-corrected chi connectivity index (χ3v) is 4.94. The molecule has 6 heteroatoms. The Morgan fingerprint density at radius 2 is 2.00 bits per heavy atom. The molecule has 6 nitrogen and oxygen atoms in total. The molecule has 130 valence electrons. The van der Waals surface area contributed by atoms with E-state index in [1.165, 1.54) is 11.1 Å². The van der Waals surface area contributed by atoms with Crippen LogP contribution in [-0.2, 0) is 6.54 Å². The molecule has 1 saturated heterocycles. The normalized spacial score (nSPS) is 18.0. The number of benzene rings is 1. The molecule has 1 fully saturated rings. The molecule has 1 N–H and O–H groups in total. The van der Waals surface area contributed by atoms with Gasteiger partial charge in [0, 0.05) is 38.8 Å². The van der Waals surface area contributed by atoms with E-state index in [1.54, 1.807) is 17.3 Å². The predicted molar refractivity (Wildman–Crippen MR) is 94.1 cm³/mol. The average molecular weight is 329 g/mol. The molecule has 0 radical (unpaired) electrons. The molecule has 0 aliphatic carbocycles. The Labute approximate surface area is 143 Å². The van der Waals surface area contributed by atoms with Crippen molar-refractivity contribution in [3.05, 3.63) is 42.0 Å². The van der Waals surface area contributed by atoms with Crippen LogP contribution < -0.4 is 0 Å². The van der Waals surface area contributed by atoms with Crippen LogP contribution in [0.25, 0.3) is 5.69 Å². The van der Waals surface area contributed by atoms with Crippen molar-refractivity contribution in [2.24, 2.45) is 0 Å². The number of aliphatic hydroxyl groups is 1. The maximum atomic E-state index is 9.45. The molecular formula is C18H27N5O. The molecule has 0 saturated carbocycles. The van der Waals surface area contributed by atoms with Gasteiger partial charge in [-0.1, -0.05) is 19.1 Å². The Bertz CT molecular complexity index is 631. The lowest BCUT2D eigenvalue weighted by molar-refractivity contribution is 0.0608. The number of rotatable bonds is 6. The first-order chi connectivity index (χ1) is 11.7. The number of hydrogen-bond acceptors (Lipinski definition) is 5. The quantitative estimate of drug-likeness (QED) is 0.870. The smallest absolute Gasteiger partial charge is 0.138 e. The molecule has 2 heterocycles. The molecular weight excluding hydrogens is 302 g/mol. The van der Waals surface area contributed by atoms with E-state index in [0.29, 0.717) is 6.04 Å². The van der Waals surface area contributed by atoms with Gasteiger partial charge in [-0.25, -0.2) is 9.67 Å². The minimum absolute atomic E-state index is 0.263. The second-order valence-electron chi connectivity index (χ2n) is 6.52. The van der Waals surface area contributed by atoms with E-state index in [0.717, 1.165) is 44.8 Å². The highest BCUT2D eigenvalue weighted by Gasteiger charge is 2.22. The second kappa shape index (κ2) is 7.88. The lowest BCUT2D eigenvalue weighted by atomic mass is 10.1. The number of nitrogens with zero attached hydrogens (tertiary/aromatic N) is 5. The van der Waals surface area contributed by atoms with Crippen LogP contribution >= 0.6 is 0 Å². The maximum Gasteiger partial charge on any atom is 0.138 e. The Morgan fingerprint density at radius 1 is 1.21 bits per heavy atom. The van der Waals surface area contributed by atoms with Gasteiger partial charge < -0.3 is 5.11 Å². The average Bonchev–Trinajstić information content (AvgIpc) is 3.12. The molecule has 1 aliphatic rings. The minimum atomic E-state index is 0.263. The zero-order chi connectivity index (χ0) is 16.9. The molecule has 0 bridgehead atoms. The van der Waals surface area contributed by atoms with Crippen LogP contribution in [0.1, 0.15) is 24.5 Å². The van der Waals surface area contributed by atoms with Crippen LogP contribution in [0.4, 0.5) is 0 Å². The number of aryl methyl sites for hydroxylation is 1. The molecule has 2 aromatic rings. The van der Waals surface area contributed by atoms with Gasteiger partial charge in [0.15, 0.2) is 0 Å². The first-order valence-corrected chi connectivity index (χ1v) is 8.73. The molecule has 0 amide bonds. The molecule has 1 unspecified atom stereocenters. The molecule has 1 aromatic heterocycles. The largest absolute Gasteiger partial charge is 0.395 e. The Balaban J connectivity index is 1.59. The van der Waals surface area contributed by atoms with E-state index in [1.807, 2.05) is 0 Å². The SMILES string of the molecule is CCC(CO)N1CCN(Cc2ccc(-n3cncn3)c(C)c2)CC1. The first kappa shape index (κ1) is 17.1. The van der Waals surface area contributed by atoms with E-state index in [4.69, 9.17) is 0 Å². The summed E-state index contributed by atoms with van der Waals surface area (Å²) in [5, 5.41) is 13.7. The van der Waals surface area contributed by atoms with Crippen molar-refractivity contribution in [3.63, 3.8) is 0 Å². The lowest BCUT2D eigenvalue weighted by Gasteiger charge is -2.38. The van der Waals surface area contributed by atoms with Crippen molar-refractivity contribution < 1.29 is 5.11 Å². The first-order valence-electron chi connectivity index (χ1n) is 8.73. The minimum Gasteiger partial charge on any atom is -0.395 e. The van der Waals surface area contributed by atoms with Gasteiger partial charge in [0.25, 0.3) is 0 Å². The van der Waals surface area contributed by atoms with Gasteiger partial charge in [-0.15, -0.1) is 0 Å². The maximum absolute atomic E-state index is 9.45. The van der Waals surface area contributed by atoms with Gasteiger partial charge in [0.05, 0.1) is 12.3 Å². The Morgan fingerprint density at radius 3 is 2.58 bits per heavy atom. The highest BCUT2D eigenvalue weighted by atomic mass is 16.3. The zero-order valence-electron chi connectivity index (χ0n) is 14.6. The van der Waals surface area contributed by atoms with E-state index in [2.05, 4.69) is 51.9 Å². The summed E-state index contributed by atoms with van der Waals surface area (Å²) >= 11 is 0. The summed E-state index contributed by atoms with van der Waals surface area (Å²) in [6.45, 7) is 9.69. The standard InChI is InChI=1S/C18H27N5O/c1-3-17(12-24)22-8-6-21(7-9-22)11-16-4-5-18(15(2)10-16)23-14-19-13-20-23/h4-5,10,13-14,17,24H,3,6-9,11-12H2,1-2H3. The molecule has 1 aromatic carbocycles. The highest BCUT2D eigenvalue weighted by molar-refractivity contribution is 5.41. The van der Waals surface area contributed by atoms with Crippen molar-refractivity contribution in [2.45, 2.75) is 32.9 Å². The van der Waals surface area contributed by atoms with Crippen LogP contribution in [0, 0.1) is 6.92 Å². The molecule has 1 aliphatic heterocycles. The number of piperazine rings is 1. The summed E-state index contributed by atoms with van der Waals surface area (Å²) < 4.78 is 1.80. The van der Waals surface area contributed by atoms with Crippen molar-refractivity contribution in [1.82, 2.24) is 24.6 Å². The Kier molecular flexibility index (Phi) is 5.60. The third kappa shape index (κ3) is 3.83. The van der Waals surface area contributed by atoms with Crippen molar-refractivity contribution in [2.75, 3.05) is 32.8 Å². The fourth-order valence-electron chi connectivity index (χ4n) is 3.45. The second-order valence-corrected chi connectivity index (χ2v) is 6.52. The van der Waals surface area contributed by atoms with Gasteiger partial charge in [-0.2, -0.15) is 5.10 Å². The topological polar surface area (TPSA) is 57.4 Å². The number of hydrogen-bond donors (Lipinski definition) is 1. The van der Waals surface area contributed by atoms with Gasteiger partial charge in [-0.05, 0) is 30.5 Å². The van der Waals surface area contributed by atoms with Crippen molar-refractivity contribution in [3.8, 4) is 5.69 Å². The van der Waals surface area contributed by atoms with Crippen LogP contribution in [0.15, 0.2) is 30.9 Å². The number of aliphatic hydroxyl groups excluding tert-OH is 1. The summed E-state index contributed by atoms with van der Waals surface area (Å²) in [5.41, 5.74) is 3.62. The van der Waals surface area contributed by atoms with Crippen LogP contribution in [0.3, 0.4) is 0 Å². The molecule has 3 rings (SSSR count). The highest BCUT2D eigenvalue weighted by Crippen LogP contribution is 2.17. The van der Waals surface area contributed by atoms with Crippen LogP contribution in [0.2, 0.25) is 0 Å².